The van der Waals surface area contributed by atoms with Gasteiger partial charge in [0, 0.05) is 6.04 Å². The standard InChI is InChI=1S/C13H21NO2S/c1-9(11-6-7-17-8-11)14-10(2)12(15)16-13(3,4)5/h6-10,14H,1-5H3. The molecule has 0 spiro atoms. The zero-order valence-electron chi connectivity index (χ0n) is 11.1. The summed E-state index contributed by atoms with van der Waals surface area (Å²) in [5, 5.41) is 7.35. The zero-order valence-corrected chi connectivity index (χ0v) is 11.9. The van der Waals surface area contributed by atoms with Crippen LogP contribution in [0.4, 0.5) is 0 Å². The van der Waals surface area contributed by atoms with Gasteiger partial charge in [0.1, 0.15) is 11.6 Å². The average molecular weight is 255 g/mol. The van der Waals surface area contributed by atoms with Gasteiger partial charge in [-0.2, -0.15) is 11.3 Å². The molecule has 0 aliphatic heterocycles. The molecule has 0 aliphatic rings. The average Bonchev–Trinajstić information content (AvgIpc) is 2.67. The predicted molar refractivity (Wildman–Crippen MR) is 71.2 cm³/mol. The molecule has 0 aliphatic carbocycles. The van der Waals surface area contributed by atoms with Crippen molar-refractivity contribution in [2.45, 2.75) is 52.3 Å². The van der Waals surface area contributed by atoms with Crippen LogP contribution in [0.3, 0.4) is 0 Å². The molecule has 96 valence electrons. The minimum Gasteiger partial charge on any atom is -0.459 e. The Morgan fingerprint density at radius 1 is 1.41 bits per heavy atom. The molecule has 0 fully saturated rings. The first kappa shape index (κ1) is 14.2. The molecule has 1 rings (SSSR count). The van der Waals surface area contributed by atoms with E-state index in [-0.39, 0.29) is 18.1 Å². The summed E-state index contributed by atoms with van der Waals surface area (Å²) in [5.41, 5.74) is 0.768. The number of nitrogens with one attached hydrogen (secondary N) is 1. The van der Waals surface area contributed by atoms with E-state index in [0.29, 0.717) is 0 Å². The molecule has 0 radical (unpaired) electrons. The van der Waals surface area contributed by atoms with Gasteiger partial charge in [-0.15, -0.1) is 0 Å². The minimum atomic E-state index is -0.432. The summed E-state index contributed by atoms with van der Waals surface area (Å²) < 4.78 is 5.32. The van der Waals surface area contributed by atoms with Gasteiger partial charge >= 0.3 is 5.97 Å². The van der Waals surface area contributed by atoms with Crippen molar-refractivity contribution in [2.75, 3.05) is 0 Å². The van der Waals surface area contributed by atoms with Crippen molar-refractivity contribution in [2.24, 2.45) is 0 Å². The van der Waals surface area contributed by atoms with E-state index in [1.54, 1.807) is 11.3 Å². The largest absolute Gasteiger partial charge is 0.459 e. The summed E-state index contributed by atoms with van der Waals surface area (Å²) in [4.78, 5) is 11.8. The third-order valence-electron chi connectivity index (χ3n) is 2.30. The smallest absolute Gasteiger partial charge is 0.323 e. The molecule has 1 aromatic rings. The fourth-order valence-electron chi connectivity index (χ4n) is 1.45. The topological polar surface area (TPSA) is 38.3 Å². The fraction of sp³-hybridized carbons (Fsp3) is 0.615. The lowest BCUT2D eigenvalue weighted by atomic mass is 10.1. The predicted octanol–water partition coefficient (Wildman–Crippen LogP) is 3.13. The molecule has 0 saturated carbocycles. The monoisotopic (exact) mass is 255 g/mol. The van der Waals surface area contributed by atoms with Crippen LogP contribution in [-0.2, 0) is 9.53 Å². The van der Waals surface area contributed by atoms with E-state index >= 15 is 0 Å². The third kappa shape index (κ3) is 4.88. The molecule has 0 bridgehead atoms. The maximum atomic E-state index is 11.8. The second-order valence-corrected chi connectivity index (χ2v) is 5.98. The SMILES string of the molecule is CC(NC(C)c1ccsc1)C(=O)OC(C)(C)C. The number of hydrogen-bond donors (Lipinski definition) is 1. The van der Waals surface area contributed by atoms with Crippen LogP contribution in [0.5, 0.6) is 0 Å². The Labute approximate surface area is 107 Å². The lowest BCUT2D eigenvalue weighted by Gasteiger charge is -2.24. The van der Waals surface area contributed by atoms with Crippen LogP contribution in [0.15, 0.2) is 16.8 Å². The number of hydrogen-bond acceptors (Lipinski definition) is 4. The van der Waals surface area contributed by atoms with Gasteiger partial charge in [0.2, 0.25) is 0 Å². The Hall–Kier alpha value is -0.870. The molecule has 0 saturated heterocycles. The van der Waals surface area contributed by atoms with Gasteiger partial charge in [0.25, 0.3) is 0 Å². The summed E-state index contributed by atoms with van der Waals surface area (Å²) in [6.07, 6.45) is 0. The van der Waals surface area contributed by atoms with Gasteiger partial charge in [0.15, 0.2) is 0 Å². The molecule has 0 aromatic carbocycles. The summed E-state index contributed by atoms with van der Waals surface area (Å²) >= 11 is 1.66. The van der Waals surface area contributed by atoms with Crippen LogP contribution in [0.1, 0.15) is 46.2 Å². The van der Waals surface area contributed by atoms with Crippen molar-refractivity contribution in [3.8, 4) is 0 Å². The quantitative estimate of drug-likeness (QED) is 0.840. The molecule has 2 atom stereocenters. The second kappa shape index (κ2) is 5.65. The first-order valence-corrected chi connectivity index (χ1v) is 6.75. The van der Waals surface area contributed by atoms with Crippen molar-refractivity contribution in [1.82, 2.24) is 5.32 Å². The van der Waals surface area contributed by atoms with E-state index in [1.807, 2.05) is 40.0 Å². The molecule has 1 N–H and O–H groups in total. The Kier molecular flexibility index (Phi) is 4.71. The van der Waals surface area contributed by atoms with Gasteiger partial charge in [-0.25, -0.2) is 0 Å². The molecule has 17 heavy (non-hydrogen) atoms. The van der Waals surface area contributed by atoms with Gasteiger partial charge in [-0.3, -0.25) is 10.1 Å². The molecule has 0 amide bonds. The van der Waals surface area contributed by atoms with E-state index in [9.17, 15) is 4.79 Å². The van der Waals surface area contributed by atoms with E-state index in [1.165, 1.54) is 5.56 Å². The van der Waals surface area contributed by atoms with E-state index in [0.717, 1.165) is 0 Å². The number of esters is 1. The molecule has 3 nitrogen and oxygen atoms in total. The van der Waals surface area contributed by atoms with Gasteiger partial charge in [-0.05, 0) is 57.0 Å². The van der Waals surface area contributed by atoms with Crippen molar-refractivity contribution in [3.63, 3.8) is 0 Å². The Bertz CT molecular complexity index is 354. The molecule has 1 aromatic heterocycles. The lowest BCUT2D eigenvalue weighted by Crippen LogP contribution is -2.40. The second-order valence-electron chi connectivity index (χ2n) is 5.20. The summed E-state index contributed by atoms with van der Waals surface area (Å²) in [7, 11) is 0. The highest BCUT2D eigenvalue weighted by Crippen LogP contribution is 2.17. The first-order valence-electron chi connectivity index (χ1n) is 5.80. The maximum absolute atomic E-state index is 11.8. The summed E-state index contributed by atoms with van der Waals surface area (Å²) in [6, 6.07) is 1.91. The highest BCUT2D eigenvalue weighted by atomic mass is 32.1. The normalized spacial score (nSPS) is 15.4. The first-order chi connectivity index (χ1) is 7.79. The van der Waals surface area contributed by atoms with Crippen molar-refractivity contribution < 1.29 is 9.53 Å². The number of carbonyl (C=O) groups is 1. The molecule has 4 heteroatoms. The van der Waals surface area contributed by atoms with Gasteiger partial charge < -0.3 is 4.74 Å². The maximum Gasteiger partial charge on any atom is 0.323 e. The van der Waals surface area contributed by atoms with Crippen molar-refractivity contribution in [1.29, 1.82) is 0 Å². The van der Waals surface area contributed by atoms with E-state index in [2.05, 4.69) is 16.8 Å². The van der Waals surface area contributed by atoms with Crippen molar-refractivity contribution >= 4 is 17.3 Å². The number of rotatable bonds is 4. The number of thiophene rings is 1. The summed E-state index contributed by atoms with van der Waals surface area (Å²) in [5.74, 6) is -0.209. The molecular formula is C13H21NO2S. The highest BCUT2D eigenvalue weighted by Gasteiger charge is 2.22. The van der Waals surface area contributed by atoms with E-state index < -0.39 is 5.60 Å². The third-order valence-corrected chi connectivity index (χ3v) is 3.00. The fourth-order valence-corrected chi connectivity index (χ4v) is 2.20. The van der Waals surface area contributed by atoms with Crippen LogP contribution in [0.2, 0.25) is 0 Å². The molecular weight excluding hydrogens is 234 g/mol. The van der Waals surface area contributed by atoms with Crippen LogP contribution < -0.4 is 5.32 Å². The van der Waals surface area contributed by atoms with Gasteiger partial charge in [0.05, 0.1) is 0 Å². The number of carbonyl (C=O) groups excluding carboxylic acids is 1. The lowest BCUT2D eigenvalue weighted by molar-refractivity contribution is -0.157. The highest BCUT2D eigenvalue weighted by molar-refractivity contribution is 7.07. The summed E-state index contributed by atoms with van der Waals surface area (Å²) in [6.45, 7) is 9.50. The van der Waals surface area contributed by atoms with Crippen LogP contribution in [0.25, 0.3) is 0 Å². The van der Waals surface area contributed by atoms with Crippen LogP contribution >= 0.6 is 11.3 Å². The minimum absolute atomic E-state index is 0.156. The van der Waals surface area contributed by atoms with Crippen LogP contribution in [0, 0.1) is 0 Å². The Morgan fingerprint density at radius 3 is 2.53 bits per heavy atom. The van der Waals surface area contributed by atoms with Crippen LogP contribution in [-0.4, -0.2) is 17.6 Å². The number of ether oxygens (including phenoxy) is 1. The Balaban J connectivity index is 2.49. The molecule has 1 heterocycles. The Morgan fingerprint density at radius 2 is 2.06 bits per heavy atom. The van der Waals surface area contributed by atoms with E-state index in [4.69, 9.17) is 4.74 Å². The molecule has 2 unspecified atom stereocenters. The van der Waals surface area contributed by atoms with Gasteiger partial charge in [-0.1, -0.05) is 0 Å². The van der Waals surface area contributed by atoms with Crippen molar-refractivity contribution in [3.05, 3.63) is 22.4 Å². The zero-order chi connectivity index (χ0) is 13.1.